The van der Waals surface area contributed by atoms with E-state index in [0.29, 0.717) is 18.5 Å². The van der Waals surface area contributed by atoms with Crippen molar-refractivity contribution in [3.8, 4) is 0 Å². The summed E-state index contributed by atoms with van der Waals surface area (Å²) in [4.78, 5) is 11.3. The predicted molar refractivity (Wildman–Crippen MR) is 83.0 cm³/mol. The van der Waals surface area contributed by atoms with Crippen LogP contribution in [0.1, 0.15) is 37.4 Å². The fourth-order valence-corrected chi connectivity index (χ4v) is 4.27. The van der Waals surface area contributed by atoms with Crippen LogP contribution in [-0.2, 0) is 0 Å². The van der Waals surface area contributed by atoms with Gasteiger partial charge in [0.05, 0.1) is 18.3 Å². The topological polar surface area (TPSA) is 54.5 Å². The SMILES string of the molecule is NC1=NCC(c2ncc(Br)cc2Br)N1C1CCCC1. The number of nitrogens with zero attached hydrogens (tertiary/aromatic N) is 3. The number of rotatable bonds is 2. The van der Waals surface area contributed by atoms with Crippen LogP contribution in [0.25, 0.3) is 0 Å². The third-order valence-electron chi connectivity index (χ3n) is 3.90. The Morgan fingerprint density at radius 1 is 1.26 bits per heavy atom. The zero-order valence-electron chi connectivity index (χ0n) is 10.5. The molecule has 0 amide bonds. The van der Waals surface area contributed by atoms with E-state index >= 15 is 0 Å². The van der Waals surface area contributed by atoms with Gasteiger partial charge in [-0.2, -0.15) is 0 Å². The minimum Gasteiger partial charge on any atom is -0.370 e. The normalized spacial score (nSPS) is 24.0. The third-order valence-corrected chi connectivity index (χ3v) is 4.97. The van der Waals surface area contributed by atoms with Gasteiger partial charge >= 0.3 is 0 Å². The molecule has 0 bridgehead atoms. The first-order chi connectivity index (χ1) is 9.16. The van der Waals surface area contributed by atoms with Gasteiger partial charge in [-0.15, -0.1) is 0 Å². The largest absolute Gasteiger partial charge is 0.370 e. The van der Waals surface area contributed by atoms with E-state index < -0.39 is 0 Å². The molecule has 2 heterocycles. The minimum atomic E-state index is 0.172. The lowest BCUT2D eigenvalue weighted by molar-refractivity contribution is 0.257. The molecular formula is C13H16Br2N4. The number of aliphatic imine (C=N–C) groups is 1. The molecule has 0 aromatic carbocycles. The van der Waals surface area contributed by atoms with E-state index in [1.165, 1.54) is 25.7 Å². The molecule has 1 unspecified atom stereocenters. The van der Waals surface area contributed by atoms with Crippen LogP contribution in [0.5, 0.6) is 0 Å². The van der Waals surface area contributed by atoms with Gasteiger partial charge in [0.2, 0.25) is 0 Å². The highest BCUT2D eigenvalue weighted by Gasteiger charge is 2.36. The first kappa shape index (κ1) is 13.4. The van der Waals surface area contributed by atoms with Crippen LogP contribution in [0.4, 0.5) is 0 Å². The molecular weight excluding hydrogens is 372 g/mol. The fourth-order valence-electron chi connectivity index (χ4n) is 3.02. The van der Waals surface area contributed by atoms with Crippen LogP contribution in [-0.4, -0.2) is 28.4 Å². The molecule has 1 aliphatic heterocycles. The summed E-state index contributed by atoms with van der Waals surface area (Å²) in [5.74, 6) is 0.675. The summed E-state index contributed by atoms with van der Waals surface area (Å²) in [7, 11) is 0. The Balaban J connectivity index is 1.91. The van der Waals surface area contributed by atoms with Crippen molar-refractivity contribution in [2.75, 3.05) is 6.54 Å². The Labute approximate surface area is 129 Å². The van der Waals surface area contributed by atoms with Gasteiger partial charge in [-0.25, -0.2) is 0 Å². The van der Waals surface area contributed by atoms with Crippen molar-refractivity contribution in [3.63, 3.8) is 0 Å². The van der Waals surface area contributed by atoms with Gasteiger partial charge in [-0.3, -0.25) is 9.98 Å². The molecule has 1 atom stereocenters. The maximum atomic E-state index is 6.09. The lowest BCUT2D eigenvalue weighted by Gasteiger charge is -2.32. The van der Waals surface area contributed by atoms with Crippen LogP contribution in [0, 0.1) is 0 Å². The van der Waals surface area contributed by atoms with E-state index in [1.807, 2.05) is 12.3 Å². The molecule has 3 rings (SSSR count). The number of aromatic nitrogens is 1. The average molecular weight is 388 g/mol. The van der Waals surface area contributed by atoms with E-state index in [0.717, 1.165) is 14.6 Å². The zero-order valence-corrected chi connectivity index (χ0v) is 13.7. The summed E-state index contributed by atoms with van der Waals surface area (Å²) in [6.45, 7) is 0.704. The standard InChI is InChI=1S/C13H16Br2N4/c14-8-5-10(15)12(17-6-8)11-7-18-13(16)19(11)9-3-1-2-4-9/h5-6,9,11H,1-4,7H2,(H2,16,18). The molecule has 102 valence electrons. The van der Waals surface area contributed by atoms with Gasteiger partial charge in [-0.05, 0) is 50.8 Å². The van der Waals surface area contributed by atoms with Crippen LogP contribution in [0.2, 0.25) is 0 Å². The molecule has 0 saturated heterocycles. The quantitative estimate of drug-likeness (QED) is 0.847. The highest BCUT2D eigenvalue weighted by molar-refractivity contribution is 9.11. The van der Waals surface area contributed by atoms with Crippen molar-refractivity contribution in [1.29, 1.82) is 0 Å². The summed E-state index contributed by atoms with van der Waals surface area (Å²) in [5, 5.41) is 0. The Bertz CT molecular complexity index is 511. The van der Waals surface area contributed by atoms with Gasteiger partial charge in [-0.1, -0.05) is 12.8 Å². The number of hydrogen-bond acceptors (Lipinski definition) is 4. The van der Waals surface area contributed by atoms with E-state index in [4.69, 9.17) is 5.73 Å². The molecule has 4 nitrogen and oxygen atoms in total. The van der Waals surface area contributed by atoms with Gasteiger partial charge in [0.15, 0.2) is 5.96 Å². The molecule has 1 aliphatic carbocycles. The zero-order chi connectivity index (χ0) is 13.4. The van der Waals surface area contributed by atoms with Crippen LogP contribution in [0.15, 0.2) is 26.2 Å². The molecule has 0 radical (unpaired) electrons. The lowest BCUT2D eigenvalue weighted by atomic mass is 10.1. The van der Waals surface area contributed by atoms with Gasteiger partial charge in [0.25, 0.3) is 0 Å². The van der Waals surface area contributed by atoms with E-state index in [9.17, 15) is 0 Å². The smallest absolute Gasteiger partial charge is 0.192 e. The molecule has 1 fully saturated rings. The van der Waals surface area contributed by atoms with Crippen molar-refractivity contribution in [1.82, 2.24) is 9.88 Å². The number of pyridine rings is 1. The van der Waals surface area contributed by atoms with Gasteiger partial charge in [0.1, 0.15) is 0 Å². The van der Waals surface area contributed by atoms with Crippen LogP contribution >= 0.6 is 31.9 Å². The predicted octanol–water partition coefficient (Wildman–Crippen LogP) is 3.22. The summed E-state index contributed by atoms with van der Waals surface area (Å²) in [6, 6.07) is 2.73. The number of halogens is 2. The first-order valence-electron chi connectivity index (χ1n) is 6.56. The van der Waals surface area contributed by atoms with E-state index in [1.54, 1.807) is 0 Å². The van der Waals surface area contributed by atoms with Crippen molar-refractivity contribution in [3.05, 3.63) is 26.9 Å². The Kier molecular flexibility index (Phi) is 3.80. The Hall–Kier alpha value is -0.620. The van der Waals surface area contributed by atoms with Gasteiger partial charge < -0.3 is 10.6 Å². The third kappa shape index (κ3) is 2.52. The van der Waals surface area contributed by atoms with Crippen LogP contribution < -0.4 is 5.73 Å². The van der Waals surface area contributed by atoms with Crippen molar-refractivity contribution in [2.45, 2.75) is 37.8 Å². The summed E-state index contributed by atoms with van der Waals surface area (Å²) in [6.07, 6.45) is 6.83. The van der Waals surface area contributed by atoms with E-state index in [-0.39, 0.29) is 6.04 Å². The van der Waals surface area contributed by atoms with Gasteiger partial charge in [0, 0.05) is 21.2 Å². The Morgan fingerprint density at radius 3 is 2.68 bits per heavy atom. The maximum absolute atomic E-state index is 6.09. The maximum Gasteiger partial charge on any atom is 0.192 e. The van der Waals surface area contributed by atoms with Crippen molar-refractivity contribution >= 4 is 37.8 Å². The summed E-state index contributed by atoms with van der Waals surface area (Å²) in [5.41, 5.74) is 7.12. The highest BCUT2D eigenvalue weighted by Crippen LogP contribution is 2.36. The number of hydrogen-bond donors (Lipinski definition) is 1. The minimum absolute atomic E-state index is 0.172. The average Bonchev–Trinajstić information content (AvgIpc) is 2.98. The number of guanidine groups is 1. The Morgan fingerprint density at radius 2 is 2.00 bits per heavy atom. The monoisotopic (exact) mass is 386 g/mol. The van der Waals surface area contributed by atoms with Crippen molar-refractivity contribution in [2.24, 2.45) is 10.7 Å². The second kappa shape index (κ2) is 5.40. The first-order valence-corrected chi connectivity index (χ1v) is 8.14. The summed E-state index contributed by atoms with van der Waals surface area (Å²) < 4.78 is 1.99. The molecule has 2 aliphatic rings. The lowest BCUT2D eigenvalue weighted by Crippen LogP contribution is -2.42. The molecule has 1 aromatic heterocycles. The fraction of sp³-hybridized carbons (Fsp3) is 0.538. The number of nitrogens with two attached hydrogens (primary N) is 1. The van der Waals surface area contributed by atoms with Crippen molar-refractivity contribution < 1.29 is 0 Å². The molecule has 0 spiro atoms. The van der Waals surface area contributed by atoms with Crippen LogP contribution in [0.3, 0.4) is 0 Å². The van der Waals surface area contributed by atoms with E-state index in [2.05, 4.69) is 46.7 Å². The molecule has 1 saturated carbocycles. The highest BCUT2D eigenvalue weighted by atomic mass is 79.9. The second-order valence-electron chi connectivity index (χ2n) is 5.08. The second-order valence-corrected chi connectivity index (χ2v) is 6.85. The molecule has 2 N–H and O–H groups in total. The molecule has 19 heavy (non-hydrogen) atoms. The molecule has 6 heteroatoms. The summed E-state index contributed by atoms with van der Waals surface area (Å²) >= 11 is 7.04. The molecule has 1 aromatic rings.